The fraction of sp³-hybridized carbons (Fsp3) is 0.389. The van der Waals surface area contributed by atoms with E-state index < -0.39 is 17.6 Å². The van der Waals surface area contributed by atoms with E-state index in [0.29, 0.717) is 5.02 Å². The van der Waals surface area contributed by atoms with Crippen molar-refractivity contribution in [3.05, 3.63) is 40.9 Å². The maximum Gasteiger partial charge on any atom is 0.245 e. The number of rotatable bonds is 5. The number of allylic oxidation sites excluding steroid dienone is 1. The molecule has 0 aromatic heterocycles. The second-order valence-electron chi connectivity index (χ2n) is 5.70. The SMILES string of the molecule is N#CC(C(=O)/C=C/c1cccc(Cl)c1)C(=O)NC1CCCCC1. The van der Waals surface area contributed by atoms with Crippen LogP contribution in [0.4, 0.5) is 0 Å². The Morgan fingerprint density at radius 3 is 2.70 bits per heavy atom. The fourth-order valence-electron chi connectivity index (χ4n) is 2.67. The number of ketones is 1. The van der Waals surface area contributed by atoms with Gasteiger partial charge in [0.2, 0.25) is 5.91 Å². The van der Waals surface area contributed by atoms with Gasteiger partial charge in [-0.1, -0.05) is 49.1 Å². The molecule has 2 rings (SSSR count). The molecule has 0 radical (unpaired) electrons. The molecule has 1 saturated carbocycles. The maximum absolute atomic E-state index is 12.1. The van der Waals surface area contributed by atoms with Gasteiger partial charge in [-0.05, 0) is 36.6 Å². The van der Waals surface area contributed by atoms with Crippen LogP contribution in [0.3, 0.4) is 0 Å². The topological polar surface area (TPSA) is 70.0 Å². The molecule has 1 aromatic rings. The Kier molecular flexibility index (Phi) is 6.37. The lowest BCUT2D eigenvalue weighted by molar-refractivity contribution is -0.130. The minimum atomic E-state index is -1.30. The largest absolute Gasteiger partial charge is 0.352 e. The zero-order chi connectivity index (χ0) is 16.7. The summed E-state index contributed by atoms with van der Waals surface area (Å²) in [5, 5.41) is 12.5. The van der Waals surface area contributed by atoms with Crippen LogP contribution in [0.15, 0.2) is 30.3 Å². The summed E-state index contributed by atoms with van der Waals surface area (Å²) in [4.78, 5) is 24.3. The van der Waals surface area contributed by atoms with Crippen LogP contribution in [-0.2, 0) is 9.59 Å². The van der Waals surface area contributed by atoms with Gasteiger partial charge in [-0.2, -0.15) is 5.26 Å². The molecule has 1 N–H and O–H groups in total. The number of halogens is 1. The Balaban J connectivity index is 1.97. The van der Waals surface area contributed by atoms with E-state index in [0.717, 1.165) is 31.2 Å². The predicted molar refractivity (Wildman–Crippen MR) is 89.6 cm³/mol. The van der Waals surface area contributed by atoms with Crippen molar-refractivity contribution in [1.82, 2.24) is 5.32 Å². The number of benzene rings is 1. The number of nitriles is 1. The van der Waals surface area contributed by atoms with E-state index in [9.17, 15) is 9.59 Å². The molecule has 5 heteroatoms. The van der Waals surface area contributed by atoms with E-state index >= 15 is 0 Å². The minimum absolute atomic E-state index is 0.0804. The van der Waals surface area contributed by atoms with Crippen molar-refractivity contribution in [2.24, 2.45) is 5.92 Å². The van der Waals surface area contributed by atoms with Crippen LogP contribution in [0.5, 0.6) is 0 Å². The van der Waals surface area contributed by atoms with Crippen LogP contribution >= 0.6 is 11.6 Å². The summed E-state index contributed by atoms with van der Waals surface area (Å²) < 4.78 is 0. The Morgan fingerprint density at radius 2 is 2.04 bits per heavy atom. The van der Waals surface area contributed by atoms with Gasteiger partial charge in [-0.25, -0.2) is 0 Å². The second-order valence-corrected chi connectivity index (χ2v) is 6.13. The first-order chi connectivity index (χ1) is 11.1. The standard InChI is InChI=1S/C18H19ClN2O2/c19-14-6-4-5-13(11-14)9-10-17(22)16(12-20)18(23)21-15-7-2-1-3-8-15/h4-6,9-11,15-16H,1-3,7-8H2,(H,21,23)/b10-9+. The summed E-state index contributed by atoms with van der Waals surface area (Å²) in [5.41, 5.74) is 0.746. The van der Waals surface area contributed by atoms with E-state index in [4.69, 9.17) is 16.9 Å². The van der Waals surface area contributed by atoms with Crippen molar-refractivity contribution >= 4 is 29.4 Å². The van der Waals surface area contributed by atoms with Crippen molar-refractivity contribution in [3.63, 3.8) is 0 Å². The van der Waals surface area contributed by atoms with Gasteiger partial charge in [-0.15, -0.1) is 0 Å². The van der Waals surface area contributed by atoms with Gasteiger partial charge in [0.05, 0.1) is 6.07 Å². The lowest BCUT2D eigenvalue weighted by atomic mass is 9.94. The minimum Gasteiger partial charge on any atom is -0.352 e. The van der Waals surface area contributed by atoms with Crippen LogP contribution in [0, 0.1) is 17.2 Å². The number of amides is 1. The van der Waals surface area contributed by atoms with Crippen molar-refractivity contribution in [3.8, 4) is 6.07 Å². The normalized spacial score (nSPS) is 16.7. The van der Waals surface area contributed by atoms with E-state index in [1.54, 1.807) is 36.4 Å². The molecule has 1 amide bonds. The predicted octanol–water partition coefficient (Wildman–Crippen LogP) is 3.51. The summed E-state index contributed by atoms with van der Waals surface area (Å²) in [7, 11) is 0. The molecule has 1 unspecified atom stereocenters. The highest BCUT2D eigenvalue weighted by Crippen LogP contribution is 2.18. The zero-order valence-corrected chi connectivity index (χ0v) is 13.6. The Morgan fingerprint density at radius 1 is 1.30 bits per heavy atom. The monoisotopic (exact) mass is 330 g/mol. The first-order valence-electron chi connectivity index (χ1n) is 7.77. The number of hydrogen-bond acceptors (Lipinski definition) is 3. The van der Waals surface area contributed by atoms with Crippen molar-refractivity contribution in [2.75, 3.05) is 0 Å². The molecule has 1 aromatic carbocycles. The van der Waals surface area contributed by atoms with Crippen LogP contribution in [0.2, 0.25) is 5.02 Å². The van der Waals surface area contributed by atoms with Crippen LogP contribution in [-0.4, -0.2) is 17.7 Å². The number of nitrogens with zero attached hydrogens (tertiary/aromatic N) is 1. The van der Waals surface area contributed by atoms with Crippen LogP contribution in [0.1, 0.15) is 37.7 Å². The molecule has 0 saturated heterocycles. The average molecular weight is 331 g/mol. The van der Waals surface area contributed by atoms with E-state index in [2.05, 4.69) is 5.32 Å². The molecule has 0 heterocycles. The smallest absolute Gasteiger partial charge is 0.245 e. The van der Waals surface area contributed by atoms with E-state index in [1.807, 2.05) is 0 Å². The lowest BCUT2D eigenvalue weighted by Crippen LogP contribution is -2.41. The Hall–Kier alpha value is -2.12. The molecule has 1 atom stereocenters. The van der Waals surface area contributed by atoms with Crippen molar-refractivity contribution in [1.29, 1.82) is 5.26 Å². The van der Waals surface area contributed by atoms with Gasteiger partial charge in [-0.3, -0.25) is 9.59 Å². The van der Waals surface area contributed by atoms with E-state index in [1.165, 1.54) is 12.5 Å². The summed E-state index contributed by atoms with van der Waals surface area (Å²) in [6.07, 6.45) is 7.98. The molecule has 120 valence electrons. The number of hydrogen-bond donors (Lipinski definition) is 1. The average Bonchev–Trinajstić information content (AvgIpc) is 2.54. The molecule has 1 fully saturated rings. The molecule has 0 spiro atoms. The first-order valence-corrected chi connectivity index (χ1v) is 8.15. The second kappa shape index (κ2) is 8.50. The van der Waals surface area contributed by atoms with Crippen molar-refractivity contribution in [2.45, 2.75) is 38.1 Å². The fourth-order valence-corrected chi connectivity index (χ4v) is 2.87. The van der Waals surface area contributed by atoms with Gasteiger partial charge in [0.15, 0.2) is 11.7 Å². The van der Waals surface area contributed by atoms with Crippen LogP contribution in [0.25, 0.3) is 6.08 Å². The zero-order valence-electron chi connectivity index (χ0n) is 12.8. The number of nitrogens with one attached hydrogen (secondary N) is 1. The summed E-state index contributed by atoms with van der Waals surface area (Å²) in [5.74, 6) is -2.31. The molecular weight excluding hydrogens is 312 g/mol. The third-order valence-corrected chi connectivity index (χ3v) is 4.15. The number of carbonyl (C=O) groups is 2. The molecule has 0 aliphatic heterocycles. The van der Waals surface area contributed by atoms with E-state index in [-0.39, 0.29) is 6.04 Å². The van der Waals surface area contributed by atoms with Gasteiger partial charge in [0, 0.05) is 11.1 Å². The first kappa shape index (κ1) is 17.2. The van der Waals surface area contributed by atoms with Gasteiger partial charge in [0.25, 0.3) is 0 Å². The lowest BCUT2D eigenvalue weighted by Gasteiger charge is -2.23. The van der Waals surface area contributed by atoms with Crippen LogP contribution < -0.4 is 5.32 Å². The van der Waals surface area contributed by atoms with Gasteiger partial charge >= 0.3 is 0 Å². The Labute approximate surface area is 141 Å². The maximum atomic E-state index is 12.1. The Bertz CT molecular complexity index is 643. The summed E-state index contributed by atoms with van der Waals surface area (Å²) in [6, 6.07) is 8.87. The summed E-state index contributed by atoms with van der Waals surface area (Å²) >= 11 is 5.87. The third-order valence-electron chi connectivity index (χ3n) is 3.92. The highest BCUT2D eigenvalue weighted by molar-refractivity contribution is 6.30. The highest BCUT2D eigenvalue weighted by Gasteiger charge is 2.27. The molecule has 1 aliphatic carbocycles. The molecular formula is C18H19ClN2O2. The molecule has 4 nitrogen and oxygen atoms in total. The third kappa shape index (κ3) is 5.22. The quantitative estimate of drug-likeness (QED) is 0.663. The highest BCUT2D eigenvalue weighted by atomic mass is 35.5. The molecule has 0 bridgehead atoms. The van der Waals surface area contributed by atoms with Gasteiger partial charge < -0.3 is 5.32 Å². The van der Waals surface area contributed by atoms with Crippen molar-refractivity contribution < 1.29 is 9.59 Å². The number of carbonyl (C=O) groups excluding carboxylic acids is 2. The molecule has 1 aliphatic rings. The summed E-state index contributed by atoms with van der Waals surface area (Å²) in [6.45, 7) is 0. The van der Waals surface area contributed by atoms with Gasteiger partial charge in [0.1, 0.15) is 0 Å². The molecule has 23 heavy (non-hydrogen) atoms.